The van der Waals surface area contributed by atoms with Gasteiger partial charge in [-0.2, -0.15) is 5.48 Å². The molecule has 0 radical (unpaired) electrons. The first-order valence-corrected chi connectivity index (χ1v) is 34.6. The fourth-order valence-corrected chi connectivity index (χ4v) is 12.1. The Labute approximate surface area is 620 Å². The van der Waals surface area contributed by atoms with E-state index < -0.39 is 34.6 Å². The summed E-state index contributed by atoms with van der Waals surface area (Å²) in [4.78, 5) is 48.2. The molecule has 4 aromatic rings. The third-order valence-corrected chi connectivity index (χ3v) is 17.8. The van der Waals surface area contributed by atoms with Crippen LogP contribution in [0, 0.1) is 35.1 Å². The summed E-state index contributed by atoms with van der Waals surface area (Å²) in [5.74, 6) is -2.53. The molecule has 5 fully saturated rings. The van der Waals surface area contributed by atoms with Gasteiger partial charge in [-0.25, -0.2) is 22.6 Å². The predicted octanol–water partition coefficient (Wildman–Crippen LogP) is 10.4. The zero-order valence-electron chi connectivity index (χ0n) is 57.4. The smallest absolute Gasteiger partial charge is 0.248 e. The number of carbonyl (C=O) groups is 3. The number of halogens is 8. The lowest BCUT2D eigenvalue weighted by Gasteiger charge is -2.35. The molecule has 10 atom stereocenters. The molecule has 5 aliphatic rings. The van der Waals surface area contributed by atoms with Crippen molar-refractivity contribution in [3.05, 3.63) is 187 Å². The van der Waals surface area contributed by atoms with Crippen LogP contribution in [0.3, 0.4) is 0 Å². The minimum atomic E-state index is -0.955. The predicted molar refractivity (Wildman–Crippen MR) is 381 cm³/mol. The van der Waals surface area contributed by atoms with Crippen LogP contribution in [0.5, 0.6) is 0 Å². The number of hydrogen-bond acceptors (Lipinski definition) is 21. The molecule has 23 nitrogen and oxygen atoms in total. The average Bonchev–Trinajstić information content (AvgIpc) is 1.57. The van der Waals surface area contributed by atoms with Crippen LogP contribution in [0.25, 0.3) is 0 Å². The van der Waals surface area contributed by atoms with E-state index >= 15 is 0 Å². The van der Waals surface area contributed by atoms with Crippen molar-refractivity contribution in [2.75, 3.05) is 155 Å². The van der Waals surface area contributed by atoms with Gasteiger partial charge in [0.15, 0.2) is 5.78 Å². The van der Waals surface area contributed by atoms with E-state index in [1.165, 1.54) is 87.9 Å². The fourth-order valence-electron chi connectivity index (χ4n) is 10.7. The number of nitrogens with zero attached hydrogens (tertiary/aromatic N) is 3. The van der Waals surface area contributed by atoms with Crippen LogP contribution in [0.4, 0.5) is 17.6 Å². The lowest BCUT2D eigenvalue weighted by atomic mass is 9.78. The van der Waals surface area contributed by atoms with E-state index in [1.807, 2.05) is 0 Å². The Bertz CT molecular complexity index is 3290. The van der Waals surface area contributed by atoms with E-state index in [4.69, 9.17) is 72.1 Å². The molecule has 0 bridgehead atoms. The molecule has 3 N–H and O–H groups in total. The number of aliphatic hydroxyl groups is 1. The summed E-state index contributed by atoms with van der Waals surface area (Å²) >= 11 is 13.2. The van der Waals surface area contributed by atoms with Gasteiger partial charge in [0.2, 0.25) is 11.8 Å². The highest BCUT2D eigenvalue weighted by atomic mass is 79.9. The Morgan fingerprint density at radius 3 is 1.57 bits per heavy atom. The third-order valence-electron chi connectivity index (χ3n) is 15.8. The van der Waals surface area contributed by atoms with Crippen LogP contribution in [0.15, 0.2) is 146 Å². The standard InChI is InChI=1S/C15H17BrFNO4.2C13H15BrFNO3.C13H14BrFO3.C11H19NO4.C5H10O2/c1-9(19)18-15(11-5-10(16)3-4-13(11)17)8-21-14(7-20-2)12(15)6-22-18;1-17-6-12-10-5-19-16-13(10,7-18-12)9-4-8(14)2-3-11(9)15;1-3-10(7-18-2)19-8-13(16-17)11-6-9(14)4-5-12(11)15;1-3-10(7-17-2)18-8-13(16)11-6-9(14)4-5-12(11)15;1-3-10(8-14-2)16-9-11(13)12-4-6-15-7-5-12;1-3-5(6)4-7-2/h3-5,12,14H,6-8H2,1-2H3;2-4,10,12,16H,5-7H2,1H3;3-6,10,17H,1,7-8H2,2H3;3-6,10H,1,7-8H2,2H3;3,10H,1,4-9H2,2H3;3,5-6H,1,4H2,2H3/b;;16-13-;;;/t;;3*10-;5-/m..0000/s1. The van der Waals surface area contributed by atoms with Crippen LogP contribution in [-0.4, -0.2) is 235 Å². The Morgan fingerprint density at radius 1 is 0.614 bits per heavy atom. The van der Waals surface area contributed by atoms with Gasteiger partial charge in [-0.1, -0.05) is 93.2 Å². The van der Waals surface area contributed by atoms with Gasteiger partial charge in [0.1, 0.15) is 53.3 Å². The maximum atomic E-state index is 14.5. The molecule has 9 rings (SSSR count). The maximum absolute atomic E-state index is 14.5. The first-order valence-electron chi connectivity index (χ1n) is 31.4. The summed E-state index contributed by atoms with van der Waals surface area (Å²) in [5, 5.41) is 21.9. The number of rotatable bonds is 29. The number of aliphatic hydroxyl groups excluding tert-OH is 1. The second kappa shape index (κ2) is 46.7. The number of oxime groups is 1. The minimum absolute atomic E-state index is 0.00426. The second-order valence-corrected chi connectivity index (χ2v) is 26.2. The van der Waals surface area contributed by atoms with Gasteiger partial charge in [-0.15, -0.1) is 26.3 Å². The van der Waals surface area contributed by atoms with Crippen molar-refractivity contribution in [3.8, 4) is 0 Å². The van der Waals surface area contributed by atoms with Crippen molar-refractivity contribution in [3.63, 3.8) is 0 Å². The van der Waals surface area contributed by atoms with E-state index in [0.717, 1.165) is 8.95 Å². The summed E-state index contributed by atoms with van der Waals surface area (Å²) in [6.07, 6.45) is 4.38. The Balaban J connectivity index is 0.000000262. The quantitative estimate of drug-likeness (QED) is 0.0114. The number of ketones is 1. The molecule has 560 valence electrons. The number of amides is 2. The molecule has 2 amide bonds. The monoisotopic (exact) mass is 1680 g/mol. The minimum Gasteiger partial charge on any atom is -0.411 e. The molecule has 4 aromatic carbocycles. The van der Waals surface area contributed by atoms with Gasteiger partial charge in [-0.05, 0) is 72.8 Å². The molecule has 0 spiro atoms. The number of hydrogen-bond donors (Lipinski definition) is 3. The summed E-state index contributed by atoms with van der Waals surface area (Å²) < 4.78 is 121. The fraction of sp³-hybridized carbons (Fsp3) is 0.486. The SMILES string of the molecule is C=C[C@@H](COC)OC/C(=N/O)c1cc(Br)ccc1F.C=C[C@@H](COC)OCC(=O)N1CCOCC1.C=C[C@@H](COC)OCC(=O)c1cc(Br)ccc1F.C=C[C@H](O)COC.COCC1OCC2(c3cc(Br)ccc3F)C1CON2C(C)=O.COCC1OCC2(c3cc(Br)ccc3F)NOCC12. The number of benzene rings is 4. The third kappa shape index (κ3) is 26.5. The summed E-state index contributed by atoms with van der Waals surface area (Å²) in [6.45, 7) is 21.4. The molecular formula is C70H90Br4F4N4O19. The summed E-state index contributed by atoms with van der Waals surface area (Å²) in [5.41, 5.74) is 2.63. The van der Waals surface area contributed by atoms with Crippen LogP contribution in [-0.2, 0) is 87.2 Å². The van der Waals surface area contributed by atoms with E-state index in [2.05, 4.69) is 105 Å². The Kier molecular flexibility index (Phi) is 40.8. The van der Waals surface area contributed by atoms with Crippen molar-refractivity contribution in [1.29, 1.82) is 0 Å². The average molecular weight is 1690 g/mol. The molecule has 0 saturated carbocycles. The molecule has 5 aliphatic heterocycles. The number of hydroxylamine groups is 3. The van der Waals surface area contributed by atoms with E-state index in [9.17, 15) is 31.9 Å². The maximum Gasteiger partial charge on any atom is 0.248 e. The number of nitrogens with one attached hydrogen (secondary N) is 1. The van der Waals surface area contributed by atoms with Crippen LogP contribution in [0.2, 0.25) is 0 Å². The summed E-state index contributed by atoms with van der Waals surface area (Å²) in [7, 11) is 9.40. The molecule has 5 heterocycles. The van der Waals surface area contributed by atoms with Gasteiger partial charge in [0, 0.05) is 109 Å². The largest absolute Gasteiger partial charge is 0.411 e. The first-order chi connectivity index (χ1) is 48.5. The molecular weight excluding hydrogens is 1600 g/mol. The van der Waals surface area contributed by atoms with Gasteiger partial charge >= 0.3 is 0 Å². The number of Topliss-reactive ketones (excluding diaryl/α,β-unsaturated/α-hetero) is 1. The van der Waals surface area contributed by atoms with E-state index in [-0.39, 0.29) is 109 Å². The molecule has 6 unspecified atom stereocenters. The van der Waals surface area contributed by atoms with Gasteiger partial charge in [0.05, 0.1) is 128 Å². The van der Waals surface area contributed by atoms with E-state index in [1.54, 1.807) is 68.7 Å². The second-order valence-electron chi connectivity index (χ2n) is 22.6. The zero-order chi connectivity index (χ0) is 74.7. The molecule has 101 heavy (non-hydrogen) atoms. The van der Waals surface area contributed by atoms with Crippen molar-refractivity contribution in [2.24, 2.45) is 17.0 Å². The lowest BCUT2D eigenvalue weighted by molar-refractivity contribution is -0.194. The molecule has 31 heteroatoms. The van der Waals surface area contributed by atoms with Gasteiger partial charge < -0.3 is 76.9 Å². The van der Waals surface area contributed by atoms with Crippen LogP contribution in [0.1, 0.15) is 34.0 Å². The van der Waals surface area contributed by atoms with Crippen molar-refractivity contribution < 1.29 is 109 Å². The molecule has 5 saturated heterocycles. The first kappa shape index (κ1) is 88.3. The number of carbonyl (C=O) groups excluding carboxylic acids is 3. The lowest BCUT2D eigenvalue weighted by Crippen LogP contribution is -2.48. The van der Waals surface area contributed by atoms with Crippen molar-refractivity contribution >= 4 is 87.0 Å². The topological polar surface area (TPSA) is 252 Å². The van der Waals surface area contributed by atoms with Crippen LogP contribution < -0.4 is 5.48 Å². The normalized spacial score (nSPS) is 21.5. The Hall–Kier alpha value is -5.08. The van der Waals surface area contributed by atoms with Crippen molar-refractivity contribution in [1.82, 2.24) is 15.4 Å². The summed E-state index contributed by atoms with van der Waals surface area (Å²) in [6, 6.07) is 18.2. The number of fused-ring (bicyclic) bond motifs is 2. The highest BCUT2D eigenvalue weighted by molar-refractivity contribution is 9.11. The van der Waals surface area contributed by atoms with Gasteiger partial charge in [0.25, 0.3) is 0 Å². The number of morpholine rings is 1. The zero-order valence-corrected chi connectivity index (χ0v) is 63.7. The van der Waals surface area contributed by atoms with Crippen molar-refractivity contribution in [2.45, 2.75) is 54.6 Å². The van der Waals surface area contributed by atoms with Gasteiger partial charge in [-0.3, -0.25) is 19.2 Å². The Morgan fingerprint density at radius 2 is 1.08 bits per heavy atom. The molecule has 0 aliphatic carbocycles. The molecule has 0 aromatic heterocycles. The van der Waals surface area contributed by atoms with E-state index in [0.29, 0.717) is 106 Å². The highest BCUT2D eigenvalue weighted by Crippen LogP contribution is 2.50. The highest BCUT2D eigenvalue weighted by Gasteiger charge is 2.62. The number of ether oxygens (including phenoxy) is 12. The van der Waals surface area contributed by atoms with Crippen LogP contribution >= 0.6 is 63.7 Å². The number of methoxy groups -OCH3 is 6.